The molecule has 0 aliphatic heterocycles. The summed E-state index contributed by atoms with van der Waals surface area (Å²) in [4.78, 5) is 14.3. The van der Waals surface area contributed by atoms with Gasteiger partial charge >= 0.3 is 0 Å². The molecule has 3 N–H and O–H groups in total. The summed E-state index contributed by atoms with van der Waals surface area (Å²) in [5, 5.41) is 2.92. The molecule has 1 aromatic rings. The average Bonchev–Trinajstić information content (AvgIpc) is 2.42. The Morgan fingerprint density at radius 3 is 2.71 bits per heavy atom. The van der Waals surface area contributed by atoms with Crippen molar-refractivity contribution in [2.45, 2.75) is 33.2 Å². The van der Waals surface area contributed by atoms with Crippen molar-refractivity contribution in [1.82, 2.24) is 4.90 Å². The van der Waals surface area contributed by atoms with Crippen LogP contribution in [0.15, 0.2) is 18.2 Å². The van der Waals surface area contributed by atoms with Crippen LogP contribution in [0.5, 0.6) is 0 Å². The van der Waals surface area contributed by atoms with Crippen LogP contribution in [0.4, 0.5) is 11.4 Å². The zero-order chi connectivity index (χ0) is 15.8. The van der Waals surface area contributed by atoms with Gasteiger partial charge < -0.3 is 15.8 Å². The Morgan fingerprint density at radius 1 is 1.38 bits per heavy atom. The number of aryl methyl sites for hydroxylation is 1. The third kappa shape index (κ3) is 6.14. The highest BCUT2D eigenvalue weighted by molar-refractivity contribution is 5.92. The van der Waals surface area contributed by atoms with Crippen LogP contribution in [0.1, 0.15) is 25.8 Å². The number of nitrogen functional groups attached to an aromatic ring is 1. The third-order valence-corrected chi connectivity index (χ3v) is 3.47. The van der Waals surface area contributed by atoms with Gasteiger partial charge in [-0.05, 0) is 38.5 Å². The van der Waals surface area contributed by atoms with Crippen LogP contribution in [0, 0.1) is 6.92 Å². The fraction of sp³-hybridized carbons (Fsp3) is 0.562. The van der Waals surface area contributed by atoms with Crippen molar-refractivity contribution >= 4 is 17.3 Å². The maximum Gasteiger partial charge on any atom is 0.225 e. The van der Waals surface area contributed by atoms with E-state index in [-0.39, 0.29) is 5.91 Å². The molecule has 0 aromatic heterocycles. The average molecular weight is 293 g/mol. The van der Waals surface area contributed by atoms with Gasteiger partial charge in [0, 0.05) is 44.0 Å². The number of methoxy groups -OCH3 is 1. The van der Waals surface area contributed by atoms with E-state index in [4.69, 9.17) is 10.5 Å². The number of carbonyl (C=O) groups excluding carboxylic acids is 1. The lowest BCUT2D eigenvalue weighted by atomic mass is 10.1. The van der Waals surface area contributed by atoms with E-state index in [1.54, 1.807) is 13.2 Å². The summed E-state index contributed by atoms with van der Waals surface area (Å²) in [7, 11) is 1.69. The lowest BCUT2D eigenvalue weighted by Crippen LogP contribution is -2.36. The number of hydrogen-bond donors (Lipinski definition) is 2. The Kier molecular flexibility index (Phi) is 7.19. The van der Waals surface area contributed by atoms with Gasteiger partial charge in [-0.25, -0.2) is 0 Å². The predicted octanol–water partition coefficient (Wildman–Crippen LogP) is 2.26. The summed E-state index contributed by atoms with van der Waals surface area (Å²) >= 11 is 0. The van der Waals surface area contributed by atoms with E-state index < -0.39 is 0 Å². The van der Waals surface area contributed by atoms with E-state index in [1.165, 1.54) is 0 Å². The highest BCUT2D eigenvalue weighted by Crippen LogP contribution is 2.18. The molecule has 0 atom stereocenters. The molecule has 21 heavy (non-hydrogen) atoms. The lowest BCUT2D eigenvalue weighted by molar-refractivity contribution is -0.116. The number of nitrogens with one attached hydrogen (secondary N) is 1. The van der Waals surface area contributed by atoms with E-state index in [2.05, 4.69) is 24.1 Å². The topological polar surface area (TPSA) is 67.6 Å². The molecule has 5 nitrogen and oxygen atoms in total. The Balaban J connectivity index is 2.50. The van der Waals surface area contributed by atoms with Gasteiger partial charge in [-0.15, -0.1) is 0 Å². The largest absolute Gasteiger partial charge is 0.399 e. The Bertz CT molecular complexity index is 461. The van der Waals surface area contributed by atoms with Crippen LogP contribution < -0.4 is 11.1 Å². The minimum atomic E-state index is 0.00627. The second-order valence-corrected chi connectivity index (χ2v) is 5.50. The van der Waals surface area contributed by atoms with Gasteiger partial charge in [-0.1, -0.05) is 6.07 Å². The molecule has 0 aliphatic rings. The van der Waals surface area contributed by atoms with Crippen LogP contribution in [-0.2, 0) is 9.53 Å². The van der Waals surface area contributed by atoms with Crippen LogP contribution in [0.3, 0.4) is 0 Å². The van der Waals surface area contributed by atoms with Gasteiger partial charge in [0.05, 0.1) is 6.61 Å². The quantitative estimate of drug-likeness (QED) is 0.722. The summed E-state index contributed by atoms with van der Waals surface area (Å²) in [6.07, 6.45) is 0.454. The number of carbonyl (C=O) groups is 1. The molecule has 1 aromatic carbocycles. The van der Waals surface area contributed by atoms with E-state index in [1.807, 2.05) is 19.1 Å². The highest BCUT2D eigenvalue weighted by atomic mass is 16.5. The zero-order valence-corrected chi connectivity index (χ0v) is 13.5. The second-order valence-electron chi connectivity index (χ2n) is 5.50. The molecule has 0 saturated heterocycles. The molecule has 0 saturated carbocycles. The van der Waals surface area contributed by atoms with Gasteiger partial charge in [0.1, 0.15) is 0 Å². The van der Waals surface area contributed by atoms with Crippen LogP contribution in [0.2, 0.25) is 0 Å². The summed E-state index contributed by atoms with van der Waals surface area (Å²) in [6, 6.07) is 5.92. The normalized spacial score (nSPS) is 11.1. The summed E-state index contributed by atoms with van der Waals surface area (Å²) in [5.41, 5.74) is 8.20. The van der Waals surface area contributed by atoms with E-state index in [9.17, 15) is 4.79 Å². The van der Waals surface area contributed by atoms with Crippen LogP contribution >= 0.6 is 0 Å². The molecule has 0 spiro atoms. The first-order valence-corrected chi connectivity index (χ1v) is 7.33. The van der Waals surface area contributed by atoms with Gasteiger partial charge in [-0.2, -0.15) is 0 Å². The van der Waals surface area contributed by atoms with Crippen molar-refractivity contribution in [3.63, 3.8) is 0 Å². The third-order valence-electron chi connectivity index (χ3n) is 3.47. The number of ether oxygens (including phenoxy) is 1. The fourth-order valence-electron chi connectivity index (χ4n) is 2.07. The fourth-order valence-corrected chi connectivity index (χ4v) is 2.07. The Labute approximate surface area is 127 Å². The smallest absolute Gasteiger partial charge is 0.225 e. The monoisotopic (exact) mass is 293 g/mol. The first kappa shape index (κ1) is 17.5. The van der Waals surface area contributed by atoms with Crippen molar-refractivity contribution in [3.05, 3.63) is 23.8 Å². The van der Waals surface area contributed by atoms with E-state index >= 15 is 0 Å². The SMILES string of the molecule is COCCN(CCC(=O)Nc1cc(N)ccc1C)C(C)C. The molecule has 0 heterocycles. The second kappa shape index (κ2) is 8.64. The van der Waals surface area contributed by atoms with Crippen LogP contribution in [0.25, 0.3) is 0 Å². The van der Waals surface area contributed by atoms with Crippen molar-refractivity contribution < 1.29 is 9.53 Å². The highest BCUT2D eigenvalue weighted by Gasteiger charge is 2.12. The molecule has 0 aliphatic carbocycles. The number of rotatable bonds is 8. The minimum absolute atomic E-state index is 0.00627. The van der Waals surface area contributed by atoms with Gasteiger partial charge in [-0.3, -0.25) is 9.69 Å². The molecule has 0 radical (unpaired) electrons. The standard InChI is InChI=1S/C16H27N3O2/c1-12(2)19(9-10-21-4)8-7-16(20)18-15-11-14(17)6-5-13(15)3/h5-6,11-12H,7-10,17H2,1-4H3,(H,18,20). The summed E-state index contributed by atoms with van der Waals surface area (Å²) in [5.74, 6) is 0.00627. The summed E-state index contributed by atoms with van der Waals surface area (Å²) in [6.45, 7) is 8.42. The first-order valence-electron chi connectivity index (χ1n) is 7.33. The van der Waals surface area contributed by atoms with Gasteiger partial charge in [0.2, 0.25) is 5.91 Å². The Morgan fingerprint density at radius 2 is 2.10 bits per heavy atom. The van der Waals surface area contributed by atoms with Crippen LogP contribution in [-0.4, -0.2) is 43.7 Å². The zero-order valence-electron chi connectivity index (χ0n) is 13.5. The van der Waals surface area contributed by atoms with Gasteiger partial charge in [0.15, 0.2) is 0 Å². The van der Waals surface area contributed by atoms with Crippen molar-refractivity contribution in [3.8, 4) is 0 Å². The molecular weight excluding hydrogens is 266 g/mol. The van der Waals surface area contributed by atoms with E-state index in [0.717, 1.165) is 17.8 Å². The maximum atomic E-state index is 12.1. The molecule has 0 bridgehead atoms. The number of nitrogens with two attached hydrogens (primary N) is 1. The molecule has 118 valence electrons. The molecule has 0 unspecified atom stereocenters. The lowest BCUT2D eigenvalue weighted by Gasteiger charge is -2.25. The molecule has 5 heteroatoms. The Hall–Kier alpha value is -1.59. The van der Waals surface area contributed by atoms with Crippen molar-refractivity contribution in [1.29, 1.82) is 0 Å². The van der Waals surface area contributed by atoms with Gasteiger partial charge in [0.25, 0.3) is 0 Å². The molecule has 1 amide bonds. The molecule has 1 rings (SSSR count). The minimum Gasteiger partial charge on any atom is -0.399 e. The number of anilines is 2. The van der Waals surface area contributed by atoms with Crippen molar-refractivity contribution in [2.75, 3.05) is 37.9 Å². The number of amides is 1. The molecular formula is C16H27N3O2. The number of benzene rings is 1. The van der Waals surface area contributed by atoms with E-state index in [0.29, 0.717) is 31.3 Å². The molecule has 0 fully saturated rings. The van der Waals surface area contributed by atoms with Crippen molar-refractivity contribution in [2.24, 2.45) is 0 Å². The number of hydrogen-bond acceptors (Lipinski definition) is 4. The first-order chi connectivity index (χ1) is 9.93. The predicted molar refractivity (Wildman–Crippen MR) is 87.4 cm³/mol. The number of nitrogens with zero attached hydrogens (tertiary/aromatic N) is 1. The maximum absolute atomic E-state index is 12.1. The summed E-state index contributed by atoms with van der Waals surface area (Å²) < 4.78 is 5.10.